The average Bonchev–Trinajstić information content (AvgIpc) is 2.23. The average molecular weight is 111 g/mol. The fourth-order valence-corrected chi connectivity index (χ4v) is 1.59. The molecule has 44 valence electrons. The quantitative estimate of drug-likeness (QED) is 0.434. The zero-order chi connectivity index (χ0) is 5.56. The van der Waals surface area contributed by atoms with E-state index in [1.165, 1.54) is 0 Å². The third kappa shape index (κ3) is 0.436. The second kappa shape index (κ2) is 1.32. The maximum Gasteiger partial charge on any atom is 0.151 e. The summed E-state index contributed by atoms with van der Waals surface area (Å²) < 4.78 is 0. The first-order chi connectivity index (χ1) is 3.86. The van der Waals surface area contributed by atoms with Crippen molar-refractivity contribution in [3.8, 4) is 0 Å². The number of rotatable bonds is 0. The van der Waals surface area contributed by atoms with E-state index in [9.17, 15) is 4.79 Å². The Balaban J connectivity index is 2.22. The number of hydrogen-bond acceptors (Lipinski definition) is 2. The molecule has 2 heteroatoms. The molecule has 8 heavy (non-hydrogen) atoms. The maximum absolute atomic E-state index is 10.8. The minimum Gasteiger partial charge on any atom is -0.298 e. The van der Waals surface area contributed by atoms with Crippen molar-refractivity contribution >= 4 is 5.78 Å². The third-order valence-corrected chi connectivity index (χ3v) is 2.11. The fourth-order valence-electron chi connectivity index (χ4n) is 1.59. The second-order valence-electron chi connectivity index (χ2n) is 2.69. The van der Waals surface area contributed by atoms with Gasteiger partial charge in [-0.25, -0.2) is 0 Å². The zero-order valence-electron chi connectivity index (χ0n) is 4.76. The Morgan fingerprint density at radius 1 is 1.62 bits per heavy atom. The number of hydrogen-bond donors (Lipinski definition) is 0. The standard InChI is InChI=1S/C6H9NO/c8-6-4-7-2-1-5(6)3-7/h5H,1-4H2/t5-/m1/s1. The largest absolute Gasteiger partial charge is 0.298 e. The van der Waals surface area contributed by atoms with Crippen LogP contribution in [-0.2, 0) is 4.79 Å². The number of piperidine rings is 1. The lowest BCUT2D eigenvalue weighted by atomic mass is 10.1. The van der Waals surface area contributed by atoms with Crippen molar-refractivity contribution < 1.29 is 4.79 Å². The number of ketones is 1. The normalized spacial score (nSPS) is 43.8. The van der Waals surface area contributed by atoms with E-state index in [0.717, 1.165) is 26.1 Å². The molecule has 0 saturated carbocycles. The Labute approximate surface area is 48.5 Å². The highest BCUT2D eigenvalue weighted by Gasteiger charge is 2.35. The van der Waals surface area contributed by atoms with E-state index in [2.05, 4.69) is 4.90 Å². The molecule has 0 aromatic carbocycles. The van der Waals surface area contributed by atoms with Gasteiger partial charge in [-0.05, 0) is 13.0 Å². The molecular formula is C6H9NO. The van der Waals surface area contributed by atoms with Gasteiger partial charge in [-0.2, -0.15) is 0 Å². The molecule has 2 rings (SSSR count). The van der Waals surface area contributed by atoms with Crippen molar-refractivity contribution in [1.82, 2.24) is 4.90 Å². The first-order valence-electron chi connectivity index (χ1n) is 3.11. The molecule has 1 unspecified atom stereocenters. The van der Waals surface area contributed by atoms with Gasteiger partial charge in [0.15, 0.2) is 5.78 Å². The van der Waals surface area contributed by atoms with Crippen LogP contribution in [0.15, 0.2) is 0 Å². The molecule has 0 aromatic rings. The zero-order valence-corrected chi connectivity index (χ0v) is 4.76. The Morgan fingerprint density at radius 2 is 2.50 bits per heavy atom. The summed E-state index contributed by atoms with van der Waals surface area (Å²) in [7, 11) is 0. The van der Waals surface area contributed by atoms with E-state index in [-0.39, 0.29) is 0 Å². The predicted octanol–water partition coefficient (Wildman–Crippen LogP) is -0.109. The van der Waals surface area contributed by atoms with Crippen LogP contribution in [0.3, 0.4) is 0 Å². The molecule has 0 amide bonds. The van der Waals surface area contributed by atoms with Gasteiger partial charge in [0.1, 0.15) is 0 Å². The summed E-state index contributed by atoms with van der Waals surface area (Å²) in [6.07, 6.45) is 1.12. The number of Topliss-reactive ketones (excluding diaryl/α,β-unsaturated/α-hetero) is 1. The van der Waals surface area contributed by atoms with Crippen LogP contribution in [0.25, 0.3) is 0 Å². The molecule has 2 aliphatic heterocycles. The molecule has 2 saturated heterocycles. The predicted molar refractivity (Wildman–Crippen MR) is 29.6 cm³/mol. The molecule has 2 nitrogen and oxygen atoms in total. The summed E-state index contributed by atoms with van der Waals surface area (Å²) in [4.78, 5) is 13.0. The van der Waals surface area contributed by atoms with Crippen LogP contribution in [0.4, 0.5) is 0 Å². The van der Waals surface area contributed by atoms with Gasteiger partial charge in [0, 0.05) is 12.5 Å². The summed E-state index contributed by atoms with van der Waals surface area (Å²) >= 11 is 0. The van der Waals surface area contributed by atoms with Crippen LogP contribution in [0.5, 0.6) is 0 Å². The maximum atomic E-state index is 10.8. The molecule has 0 spiro atoms. The third-order valence-electron chi connectivity index (χ3n) is 2.11. The fraction of sp³-hybridized carbons (Fsp3) is 0.833. The summed E-state index contributed by atoms with van der Waals surface area (Å²) in [5.41, 5.74) is 0. The highest BCUT2D eigenvalue weighted by molar-refractivity contribution is 5.86. The molecule has 0 radical (unpaired) electrons. The summed E-state index contributed by atoms with van der Waals surface area (Å²) in [5, 5.41) is 0. The Hall–Kier alpha value is -0.370. The summed E-state index contributed by atoms with van der Waals surface area (Å²) in [5.74, 6) is 0.895. The highest BCUT2D eigenvalue weighted by atomic mass is 16.1. The van der Waals surface area contributed by atoms with Crippen molar-refractivity contribution in [2.24, 2.45) is 5.92 Å². The van der Waals surface area contributed by atoms with Crippen LogP contribution in [0.2, 0.25) is 0 Å². The van der Waals surface area contributed by atoms with Gasteiger partial charge in [0.2, 0.25) is 0 Å². The molecule has 0 N–H and O–H groups in total. The molecular weight excluding hydrogens is 102 g/mol. The topological polar surface area (TPSA) is 20.3 Å². The summed E-state index contributed by atoms with van der Waals surface area (Å²) in [6.45, 7) is 2.96. The molecule has 0 aromatic heterocycles. The van der Waals surface area contributed by atoms with Crippen LogP contribution in [-0.4, -0.2) is 30.3 Å². The van der Waals surface area contributed by atoms with Crippen LogP contribution < -0.4 is 0 Å². The minimum atomic E-state index is 0.426. The number of carbonyl (C=O) groups excluding carboxylic acids is 1. The van der Waals surface area contributed by atoms with Crippen LogP contribution >= 0.6 is 0 Å². The number of fused-ring (bicyclic) bond motifs is 2. The van der Waals surface area contributed by atoms with Crippen molar-refractivity contribution in [2.45, 2.75) is 6.42 Å². The van der Waals surface area contributed by atoms with E-state index in [1.54, 1.807) is 0 Å². The highest BCUT2D eigenvalue weighted by Crippen LogP contribution is 2.23. The number of nitrogens with zero attached hydrogens (tertiary/aromatic N) is 1. The number of carbonyl (C=O) groups is 1. The second-order valence-corrected chi connectivity index (χ2v) is 2.69. The van der Waals surface area contributed by atoms with Gasteiger partial charge >= 0.3 is 0 Å². The Morgan fingerprint density at radius 3 is 2.75 bits per heavy atom. The van der Waals surface area contributed by atoms with Gasteiger partial charge in [-0.15, -0.1) is 0 Å². The van der Waals surface area contributed by atoms with Gasteiger partial charge in [-0.1, -0.05) is 0 Å². The van der Waals surface area contributed by atoms with E-state index in [1.807, 2.05) is 0 Å². The molecule has 0 aliphatic carbocycles. The van der Waals surface area contributed by atoms with Gasteiger partial charge in [0.25, 0.3) is 0 Å². The van der Waals surface area contributed by atoms with Crippen LogP contribution in [0.1, 0.15) is 6.42 Å². The lowest BCUT2D eigenvalue weighted by Gasteiger charge is -2.08. The smallest absolute Gasteiger partial charge is 0.151 e. The van der Waals surface area contributed by atoms with E-state index in [4.69, 9.17) is 0 Å². The lowest BCUT2D eigenvalue weighted by Crippen LogP contribution is -2.22. The molecule has 2 aliphatic rings. The van der Waals surface area contributed by atoms with E-state index < -0.39 is 0 Å². The summed E-state index contributed by atoms with van der Waals surface area (Å²) in [6, 6.07) is 0. The van der Waals surface area contributed by atoms with Crippen molar-refractivity contribution in [1.29, 1.82) is 0 Å². The Bertz CT molecular complexity index is 132. The van der Waals surface area contributed by atoms with Crippen molar-refractivity contribution in [2.75, 3.05) is 19.6 Å². The first kappa shape index (κ1) is 4.50. The molecule has 2 bridgehead atoms. The van der Waals surface area contributed by atoms with E-state index in [0.29, 0.717) is 11.7 Å². The van der Waals surface area contributed by atoms with Crippen molar-refractivity contribution in [3.63, 3.8) is 0 Å². The Kier molecular flexibility index (Phi) is 0.742. The van der Waals surface area contributed by atoms with E-state index >= 15 is 0 Å². The van der Waals surface area contributed by atoms with Crippen molar-refractivity contribution in [3.05, 3.63) is 0 Å². The monoisotopic (exact) mass is 111 g/mol. The SMILES string of the molecule is O=C1CN2CC[C@@H]1C2. The van der Waals surface area contributed by atoms with Crippen LogP contribution in [0, 0.1) is 5.92 Å². The van der Waals surface area contributed by atoms with Gasteiger partial charge < -0.3 is 0 Å². The van der Waals surface area contributed by atoms with Gasteiger partial charge in [0.05, 0.1) is 6.54 Å². The molecule has 2 fully saturated rings. The lowest BCUT2D eigenvalue weighted by molar-refractivity contribution is -0.120. The molecule has 2 heterocycles. The minimum absolute atomic E-state index is 0.426. The van der Waals surface area contributed by atoms with Gasteiger partial charge in [-0.3, -0.25) is 9.69 Å². The first-order valence-corrected chi connectivity index (χ1v) is 3.11. The molecule has 2 atom stereocenters.